The fourth-order valence-electron chi connectivity index (χ4n) is 3.32. The number of likely N-dealkylation sites (N-methyl/N-ethyl adjacent to an activating group) is 1. The van der Waals surface area contributed by atoms with Crippen LogP contribution in [0.4, 0.5) is 0 Å². The number of nitrogens with zero attached hydrogens (tertiary/aromatic N) is 2. The lowest BCUT2D eigenvalue weighted by atomic mass is 9.91. The first kappa shape index (κ1) is 17.8. The van der Waals surface area contributed by atoms with Crippen LogP contribution in [0, 0.1) is 5.92 Å². The van der Waals surface area contributed by atoms with Crippen molar-refractivity contribution in [2.75, 3.05) is 20.2 Å². The Morgan fingerprint density at radius 3 is 2.92 bits per heavy atom. The molecule has 2 aliphatic rings. The summed E-state index contributed by atoms with van der Waals surface area (Å²) in [6, 6.07) is 2.08. The highest BCUT2D eigenvalue weighted by atomic mass is 16.5. The van der Waals surface area contributed by atoms with Crippen molar-refractivity contribution in [3.8, 4) is 5.75 Å². The van der Waals surface area contributed by atoms with E-state index < -0.39 is 0 Å². The van der Waals surface area contributed by atoms with Gasteiger partial charge in [0.2, 0.25) is 0 Å². The number of allylic oxidation sites excluding steroid dienone is 3. The average molecular weight is 338 g/mol. The van der Waals surface area contributed by atoms with Crippen molar-refractivity contribution in [3.05, 3.63) is 53.0 Å². The summed E-state index contributed by atoms with van der Waals surface area (Å²) >= 11 is 0. The Morgan fingerprint density at radius 2 is 2.20 bits per heavy atom. The molecule has 0 saturated heterocycles. The number of pyridine rings is 1. The third-order valence-electron chi connectivity index (χ3n) is 4.97. The van der Waals surface area contributed by atoms with Gasteiger partial charge < -0.3 is 9.64 Å². The molecule has 0 amide bonds. The molecular formula is C22H30N2O. The molecule has 1 aromatic heterocycles. The summed E-state index contributed by atoms with van der Waals surface area (Å²) in [6.45, 7) is 8.47. The second-order valence-corrected chi connectivity index (χ2v) is 7.48. The number of aromatic nitrogens is 1. The van der Waals surface area contributed by atoms with Crippen LogP contribution in [0.25, 0.3) is 5.57 Å². The molecule has 1 aliphatic carbocycles. The molecule has 2 heterocycles. The van der Waals surface area contributed by atoms with Crippen LogP contribution in [0.1, 0.15) is 52.0 Å². The third-order valence-corrected chi connectivity index (χ3v) is 4.97. The zero-order valence-electron chi connectivity index (χ0n) is 16.0. The molecule has 0 atom stereocenters. The van der Waals surface area contributed by atoms with Crippen molar-refractivity contribution >= 4 is 5.57 Å². The Bertz CT molecular complexity index is 710. The van der Waals surface area contributed by atoms with Crippen LogP contribution in [0.2, 0.25) is 0 Å². The Hall–Kier alpha value is -2.03. The molecule has 3 heteroatoms. The first-order chi connectivity index (χ1) is 12.1. The van der Waals surface area contributed by atoms with Crippen molar-refractivity contribution in [1.29, 1.82) is 0 Å². The van der Waals surface area contributed by atoms with Crippen LogP contribution in [-0.2, 0) is 0 Å². The molecular weight excluding hydrogens is 308 g/mol. The van der Waals surface area contributed by atoms with Crippen LogP contribution in [0.5, 0.6) is 5.75 Å². The molecule has 1 aliphatic heterocycles. The summed E-state index contributed by atoms with van der Waals surface area (Å²) in [5, 5.41) is 0. The molecule has 0 unspecified atom stereocenters. The Labute approximate surface area is 152 Å². The van der Waals surface area contributed by atoms with E-state index in [2.05, 4.69) is 56.0 Å². The second kappa shape index (κ2) is 7.90. The van der Waals surface area contributed by atoms with Gasteiger partial charge >= 0.3 is 0 Å². The second-order valence-electron chi connectivity index (χ2n) is 7.48. The summed E-state index contributed by atoms with van der Waals surface area (Å²) in [7, 11) is 2.14. The number of hydrogen-bond donors (Lipinski definition) is 0. The molecule has 1 fully saturated rings. The van der Waals surface area contributed by atoms with Crippen LogP contribution < -0.4 is 4.74 Å². The molecule has 134 valence electrons. The van der Waals surface area contributed by atoms with Crippen molar-refractivity contribution in [2.24, 2.45) is 5.92 Å². The monoisotopic (exact) mass is 338 g/mol. The average Bonchev–Trinajstić information content (AvgIpc) is 3.41. The van der Waals surface area contributed by atoms with E-state index in [-0.39, 0.29) is 0 Å². The molecule has 0 spiro atoms. The maximum Gasteiger partial charge on any atom is 0.145 e. The fourth-order valence-corrected chi connectivity index (χ4v) is 3.32. The van der Waals surface area contributed by atoms with E-state index in [1.807, 2.05) is 12.4 Å². The maximum atomic E-state index is 6.09. The number of rotatable bonds is 7. The standard InChI is InChI=1S/C22H30N2O/c1-5-6-16(2)11-19-13-24(4)14-21(17(19)3)20-9-10-23-12-22(20)25-15-18-7-8-18/h9-12,14,18H,5-8,13,15H2,1-4H3/b16-11+. The first-order valence-corrected chi connectivity index (χ1v) is 9.45. The van der Waals surface area contributed by atoms with Crippen molar-refractivity contribution in [1.82, 2.24) is 9.88 Å². The quantitative estimate of drug-likeness (QED) is 0.681. The smallest absolute Gasteiger partial charge is 0.145 e. The molecule has 0 aromatic carbocycles. The van der Waals surface area contributed by atoms with E-state index in [1.165, 1.54) is 41.6 Å². The molecule has 3 nitrogen and oxygen atoms in total. The molecule has 0 radical (unpaired) electrons. The zero-order valence-corrected chi connectivity index (χ0v) is 16.0. The topological polar surface area (TPSA) is 25.4 Å². The summed E-state index contributed by atoms with van der Waals surface area (Å²) in [4.78, 5) is 6.54. The Morgan fingerprint density at radius 1 is 1.40 bits per heavy atom. The van der Waals surface area contributed by atoms with Crippen molar-refractivity contribution < 1.29 is 4.74 Å². The van der Waals surface area contributed by atoms with Crippen LogP contribution in [-0.4, -0.2) is 30.1 Å². The largest absolute Gasteiger partial charge is 0.491 e. The van der Waals surface area contributed by atoms with E-state index in [9.17, 15) is 0 Å². The van der Waals surface area contributed by atoms with E-state index in [1.54, 1.807) is 0 Å². The fraction of sp³-hybridized carbons (Fsp3) is 0.500. The van der Waals surface area contributed by atoms with Gasteiger partial charge in [0.05, 0.1) is 12.8 Å². The molecule has 25 heavy (non-hydrogen) atoms. The van der Waals surface area contributed by atoms with Gasteiger partial charge in [0.25, 0.3) is 0 Å². The van der Waals surface area contributed by atoms with E-state index in [0.29, 0.717) is 0 Å². The lowest BCUT2D eigenvalue weighted by Crippen LogP contribution is -2.20. The molecule has 1 saturated carbocycles. The van der Waals surface area contributed by atoms with Crippen molar-refractivity contribution in [2.45, 2.75) is 46.5 Å². The summed E-state index contributed by atoms with van der Waals surface area (Å²) in [6.07, 6.45) is 13.3. The third kappa shape index (κ3) is 4.53. The maximum absolute atomic E-state index is 6.09. The SMILES string of the molecule is CCC/C(C)=C/C1=C(C)C(c2ccncc2OCC2CC2)=CN(C)C1. The molecule has 0 N–H and O–H groups in total. The van der Waals surface area contributed by atoms with Gasteiger partial charge in [0.15, 0.2) is 0 Å². The summed E-state index contributed by atoms with van der Waals surface area (Å²) in [5.74, 6) is 1.65. The minimum Gasteiger partial charge on any atom is -0.491 e. The van der Waals surface area contributed by atoms with E-state index >= 15 is 0 Å². The minimum absolute atomic E-state index is 0.739. The van der Waals surface area contributed by atoms with E-state index in [4.69, 9.17) is 4.74 Å². The van der Waals surface area contributed by atoms with Crippen LogP contribution in [0.3, 0.4) is 0 Å². The lowest BCUT2D eigenvalue weighted by Gasteiger charge is -2.27. The highest BCUT2D eigenvalue weighted by molar-refractivity contribution is 5.83. The van der Waals surface area contributed by atoms with Crippen LogP contribution in [0.15, 0.2) is 47.5 Å². The minimum atomic E-state index is 0.739. The van der Waals surface area contributed by atoms with Gasteiger partial charge in [-0.3, -0.25) is 4.98 Å². The molecule has 0 bridgehead atoms. The van der Waals surface area contributed by atoms with Gasteiger partial charge in [0.1, 0.15) is 5.75 Å². The van der Waals surface area contributed by atoms with Crippen LogP contribution >= 0.6 is 0 Å². The number of hydrogen-bond acceptors (Lipinski definition) is 3. The van der Waals surface area contributed by atoms with Gasteiger partial charge in [-0.25, -0.2) is 0 Å². The lowest BCUT2D eigenvalue weighted by molar-refractivity contribution is 0.298. The highest BCUT2D eigenvalue weighted by Crippen LogP contribution is 2.36. The summed E-state index contributed by atoms with van der Waals surface area (Å²) in [5.41, 5.74) is 6.59. The number of ether oxygens (including phenoxy) is 1. The Kier molecular flexibility index (Phi) is 5.62. The Balaban J connectivity index is 1.92. The van der Waals surface area contributed by atoms with E-state index in [0.717, 1.165) is 36.8 Å². The molecule has 1 aromatic rings. The van der Waals surface area contributed by atoms with Gasteiger partial charge in [-0.15, -0.1) is 0 Å². The normalized spacial score (nSPS) is 18.5. The van der Waals surface area contributed by atoms with Crippen molar-refractivity contribution in [3.63, 3.8) is 0 Å². The predicted octanol–water partition coefficient (Wildman–Crippen LogP) is 5.22. The van der Waals surface area contributed by atoms with Gasteiger partial charge in [-0.1, -0.05) is 25.0 Å². The predicted molar refractivity (Wildman–Crippen MR) is 104 cm³/mol. The van der Waals surface area contributed by atoms with Gasteiger partial charge in [0, 0.05) is 37.1 Å². The molecule has 3 rings (SSSR count). The zero-order chi connectivity index (χ0) is 17.8. The first-order valence-electron chi connectivity index (χ1n) is 9.45. The highest BCUT2D eigenvalue weighted by Gasteiger charge is 2.24. The van der Waals surface area contributed by atoms with Gasteiger partial charge in [-0.2, -0.15) is 0 Å². The summed E-state index contributed by atoms with van der Waals surface area (Å²) < 4.78 is 6.09. The van der Waals surface area contributed by atoms with Gasteiger partial charge in [-0.05, 0) is 56.2 Å².